The number of hydrogen-bond donors (Lipinski definition) is 2. The number of nitrogens with one attached hydrogen (secondary N) is 2. The third kappa shape index (κ3) is 4.30. The van der Waals surface area contributed by atoms with Gasteiger partial charge < -0.3 is 5.32 Å². The molecule has 0 aliphatic carbocycles. The topological polar surface area (TPSA) is 66.5 Å². The zero-order valence-corrected chi connectivity index (χ0v) is 13.5. The summed E-state index contributed by atoms with van der Waals surface area (Å²) in [5, 5.41) is 10.3. The maximum atomic E-state index is 4.50. The van der Waals surface area contributed by atoms with Gasteiger partial charge in [-0.15, -0.1) is 0 Å². The van der Waals surface area contributed by atoms with Crippen molar-refractivity contribution in [2.45, 2.75) is 39.5 Å². The van der Waals surface area contributed by atoms with E-state index in [1.807, 2.05) is 19.2 Å². The molecule has 0 spiro atoms. The van der Waals surface area contributed by atoms with E-state index in [0.717, 1.165) is 54.2 Å². The van der Waals surface area contributed by atoms with Gasteiger partial charge in [-0.05, 0) is 47.7 Å². The number of halogens is 1. The summed E-state index contributed by atoms with van der Waals surface area (Å²) in [7, 11) is 0. The van der Waals surface area contributed by atoms with E-state index in [9.17, 15) is 0 Å². The molecule has 0 aromatic carbocycles. The largest absolute Gasteiger partial charge is 0.370 e. The number of H-pyrrole nitrogens is 1. The maximum Gasteiger partial charge on any atom is 0.132 e. The fourth-order valence-electron chi connectivity index (χ4n) is 2.01. The van der Waals surface area contributed by atoms with Crippen LogP contribution in [0.3, 0.4) is 0 Å². The number of aromatic amines is 1. The first kappa shape index (κ1) is 15.0. The van der Waals surface area contributed by atoms with E-state index < -0.39 is 0 Å². The van der Waals surface area contributed by atoms with Gasteiger partial charge in [0.1, 0.15) is 16.2 Å². The molecule has 0 aliphatic heterocycles. The minimum Gasteiger partial charge on any atom is -0.370 e. The standard InChI is InChI=1S/C14H20BrN5/c1-3-5-13-18-12(15)8-14(19-13)16-7-4-6-11-9-17-20-10(11)2/h8-9H,3-7H2,1-2H3,(H,17,20)(H,16,18,19). The van der Waals surface area contributed by atoms with Crippen LogP contribution >= 0.6 is 15.9 Å². The predicted octanol–water partition coefficient (Wildman–Crippen LogP) is 3.27. The molecule has 2 aromatic rings. The lowest BCUT2D eigenvalue weighted by Crippen LogP contribution is -2.07. The Morgan fingerprint density at radius 1 is 1.30 bits per heavy atom. The van der Waals surface area contributed by atoms with Crippen molar-refractivity contribution in [3.63, 3.8) is 0 Å². The zero-order chi connectivity index (χ0) is 14.4. The van der Waals surface area contributed by atoms with Gasteiger partial charge in [-0.2, -0.15) is 5.10 Å². The van der Waals surface area contributed by atoms with Crippen LogP contribution in [-0.2, 0) is 12.8 Å². The number of nitrogens with zero attached hydrogens (tertiary/aromatic N) is 3. The van der Waals surface area contributed by atoms with Gasteiger partial charge in [-0.25, -0.2) is 9.97 Å². The highest BCUT2D eigenvalue weighted by Gasteiger charge is 2.03. The smallest absolute Gasteiger partial charge is 0.132 e. The van der Waals surface area contributed by atoms with Crippen molar-refractivity contribution in [2.24, 2.45) is 0 Å². The molecule has 0 atom stereocenters. The first-order valence-corrected chi connectivity index (χ1v) is 7.74. The summed E-state index contributed by atoms with van der Waals surface area (Å²) in [4.78, 5) is 8.86. The van der Waals surface area contributed by atoms with Gasteiger partial charge in [-0.3, -0.25) is 5.10 Å². The maximum absolute atomic E-state index is 4.50. The van der Waals surface area contributed by atoms with Crippen molar-refractivity contribution in [2.75, 3.05) is 11.9 Å². The number of aromatic nitrogens is 4. The zero-order valence-electron chi connectivity index (χ0n) is 11.9. The molecule has 6 heteroatoms. The summed E-state index contributed by atoms with van der Waals surface area (Å²) in [5.41, 5.74) is 2.43. The van der Waals surface area contributed by atoms with Gasteiger partial charge in [0.2, 0.25) is 0 Å². The van der Waals surface area contributed by atoms with Crippen LogP contribution in [0.2, 0.25) is 0 Å². The van der Waals surface area contributed by atoms with Crippen molar-refractivity contribution in [1.82, 2.24) is 20.2 Å². The van der Waals surface area contributed by atoms with E-state index in [1.165, 1.54) is 5.56 Å². The monoisotopic (exact) mass is 337 g/mol. The second-order valence-corrected chi connectivity index (χ2v) is 5.61. The molecule has 0 bridgehead atoms. The molecule has 0 radical (unpaired) electrons. The molecule has 0 amide bonds. The molecule has 0 fully saturated rings. The molecule has 20 heavy (non-hydrogen) atoms. The molecule has 0 saturated carbocycles. The lowest BCUT2D eigenvalue weighted by Gasteiger charge is -2.07. The van der Waals surface area contributed by atoms with Crippen LogP contribution in [0.5, 0.6) is 0 Å². The van der Waals surface area contributed by atoms with Gasteiger partial charge in [0, 0.05) is 24.7 Å². The van der Waals surface area contributed by atoms with E-state index in [2.05, 4.69) is 48.3 Å². The molecule has 0 unspecified atom stereocenters. The van der Waals surface area contributed by atoms with Crippen molar-refractivity contribution in [1.29, 1.82) is 0 Å². The Morgan fingerprint density at radius 2 is 2.15 bits per heavy atom. The number of rotatable bonds is 7. The van der Waals surface area contributed by atoms with Crippen LogP contribution in [0.4, 0.5) is 5.82 Å². The molecular formula is C14H20BrN5. The van der Waals surface area contributed by atoms with Crippen molar-refractivity contribution >= 4 is 21.7 Å². The average Bonchev–Trinajstić information content (AvgIpc) is 2.80. The Hall–Kier alpha value is -1.43. The van der Waals surface area contributed by atoms with E-state index >= 15 is 0 Å². The highest BCUT2D eigenvalue weighted by Crippen LogP contribution is 2.13. The molecule has 0 aliphatic rings. The highest BCUT2D eigenvalue weighted by molar-refractivity contribution is 9.10. The third-order valence-electron chi connectivity index (χ3n) is 3.08. The molecule has 0 saturated heterocycles. The second kappa shape index (κ2) is 7.38. The predicted molar refractivity (Wildman–Crippen MR) is 83.9 cm³/mol. The third-order valence-corrected chi connectivity index (χ3v) is 3.48. The van der Waals surface area contributed by atoms with E-state index in [4.69, 9.17) is 0 Å². The molecule has 5 nitrogen and oxygen atoms in total. The van der Waals surface area contributed by atoms with Gasteiger partial charge in [0.15, 0.2) is 0 Å². The van der Waals surface area contributed by atoms with Crippen molar-refractivity contribution < 1.29 is 0 Å². The molecule has 2 heterocycles. The van der Waals surface area contributed by atoms with E-state index in [-0.39, 0.29) is 0 Å². The Morgan fingerprint density at radius 3 is 2.85 bits per heavy atom. The molecule has 108 valence electrons. The molecule has 2 aromatic heterocycles. The Balaban J connectivity index is 1.83. The summed E-state index contributed by atoms with van der Waals surface area (Å²) >= 11 is 3.43. The molecular weight excluding hydrogens is 318 g/mol. The van der Waals surface area contributed by atoms with Crippen LogP contribution in [0.25, 0.3) is 0 Å². The fraction of sp³-hybridized carbons (Fsp3) is 0.500. The summed E-state index contributed by atoms with van der Waals surface area (Å²) in [5.74, 6) is 1.77. The van der Waals surface area contributed by atoms with Gasteiger partial charge >= 0.3 is 0 Å². The highest BCUT2D eigenvalue weighted by atomic mass is 79.9. The van der Waals surface area contributed by atoms with Crippen LogP contribution in [0.1, 0.15) is 36.8 Å². The van der Waals surface area contributed by atoms with Gasteiger partial charge in [0.25, 0.3) is 0 Å². The number of aryl methyl sites for hydroxylation is 3. The lowest BCUT2D eigenvalue weighted by atomic mass is 10.1. The second-order valence-electron chi connectivity index (χ2n) is 4.79. The van der Waals surface area contributed by atoms with Crippen LogP contribution in [0, 0.1) is 6.92 Å². The summed E-state index contributed by atoms with van der Waals surface area (Å²) in [6.45, 7) is 5.07. The van der Waals surface area contributed by atoms with Crippen molar-refractivity contribution in [3.05, 3.63) is 33.9 Å². The molecule has 2 rings (SSSR count). The molecule has 2 N–H and O–H groups in total. The number of anilines is 1. The lowest BCUT2D eigenvalue weighted by molar-refractivity contribution is 0.818. The van der Waals surface area contributed by atoms with E-state index in [1.54, 1.807) is 0 Å². The first-order valence-electron chi connectivity index (χ1n) is 6.95. The Labute approximate surface area is 127 Å². The normalized spacial score (nSPS) is 10.8. The van der Waals surface area contributed by atoms with Crippen molar-refractivity contribution in [3.8, 4) is 0 Å². The van der Waals surface area contributed by atoms with Crippen LogP contribution in [-0.4, -0.2) is 26.7 Å². The van der Waals surface area contributed by atoms with E-state index in [0.29, 0.717) is 0 Å². The Bertz CT molecular complexity index is 552. The summed E-state index contributed by atoms with van der Waals surface area (Å²) < 4.78 is 0.837. The van der Waals surface area contributed by atoms with Gasteiger partial charge in [-0.1, -0.05) is 6.92 Å². The minimum atomic E-state index is 0.837. The van der Waals surface area contributed by atoms with Gasteiger partial charge in [0.05, 0.1) is 6.20 Å². The Kier molecular flexibility index (Phi) is 5.52. The minimum absolute atomic E-state index is 0.837. The van der Waals surface area contributed by atoms with Crippen LogP contribution in [0.15, 0.2) is 16.9 Å². The fourth-order valence-corrected chi connectivity index (χ4v) is 2.44. The first-order chi connectivity index (χ1) is 9.69. The summed E-state index contributed by atoms with van der Waals surface area (Å²) in [6, 6.07) is 1.92. The SMILES string of the molecule is CCCc1nc(Br)cc(NCCCc2cn[nH]c2C)n1. The van der Waals surface area contributed by atoms with Crippen LogP contribution < -0.4 is 5.32 Å². The quantitative estimate of drug-likeness (QED) is 0.601. The average molecular weight is 338 g/mol. The summed E-state index contributed by atoms with van der Waals surface area (Å²) in [6.07, 6.45) is 5.92. The number of hydrogen-bond acceptors (Lipinski definition) is 4.